The quantitative estimate of drug-likeness (QED) is 0.712. The largest absolute Gasteiger partial charge is 0.508 e. The molecule has 1 aliphatic heterocycles. The summed E-state index contributed by atoms with van der Waals surface area (Å²) in [4.78, 5) is 10.8. The standard InChI is InChI=1S/C11H12O4/c1-13-10(8-5-3-2-4-6-8)9-7-14-11(12)15-9/h2-6,9-10H,7H2,1H3. The summed E-state index contributed by atoms with van der Waals surface area (Å²) in [7, 11) is 1.59. The van der Waals surface area contributed by atoms with Gasteiger partial charge in [0.2, 0.25) is 0 Å². The molecule has 1 saturated heterocycles. The molecule has 1 heterocycles. The van der Waals surface area contributed by atoms with Gasteiger partial charge in [-0.2, -0.15) is 0 Å². The van der Waals surface area contributed by atoms with Crippen LogP contribution in [-0.4, -0.2) is 26.0 Å². The van der Waals surface area contributed by atoms with Crippen LogP contribution in [0, 0.1) is 0 Å². The van der Waals surface area contributed by atoms with Gasteiger partial charge in [0.25, 0.3) is 0 Å². The van der Waals surface area contributed by atoms with Crippen LogP contribution < -0.4 is 0 Å². The van der Waals surface area contributed by atoms with E-state index in [0.29, 0.717) is 0 Å². The number of methoxy groups -OCH3 is 1. The minimum Gasteiger partial charge on any atom is -0.430 e. The Balaban J connectivity index is 2.14. The van der Waals surface area contributed by atoms with Gasteiger partial charge in [0.15, 0.2) is 6.10 Å². The molecule has 0 amide bonds. The van der Waals surface area contributed by atoms with E-state index in [9.17, 15) is 4.79 Å². The first-order chi connectivity index (χ1) is 7.31. The van der Waals surface area contributed by atoms with Crippen molar-refractivity contribution in [3.8, 4) is 0 Å². The molecule has 1 aromatic rings. The fourth-order valence-electron chi connectivity index (χ4n) is 1.64. The summed E-state index contributed by atoms with van der Waals surface area (Å²) in [6.45, 7) is 0.242. The van der Waals surface area contributed by atoms with Crippen molar-refractivity contribution in [1.29, 1.82) is 0 Å². The van der Waals surface area contributed by atoms with Crippen LogP contribution >= 0.6 is 0 Å². The second-order valence-corrected chi connectivity index (χ2v) is 3.28. The maximum Gasteiger partial charge on any atom is 0.508 e. The predicted octanol–water partition coefficient (Wildman–Crippen LogP) is 1.91. The summed E-state index contributed by atoms with van der Waals surface area (Å²) in [5.41, 5.74) is 0.975. The average Bonchev–Trinajstić information content (AvgIpc) is 2.68. The van der Waals surface area contributed by atoms with E-state index in [-0.39, 0.29) is 18.8 Å². The molecule has 1 aliphatic rings. The molecule has 0 radical (unpaired) electrons. The van der Waals surface area contributed by atoms with E-state index in [0.717, 1.165) is 5.56 Å². The first-order valence-corrected chi connectivity index (χ1v) is 4.72. The lowest BCUT2D eigenvalue weighted by Crippen LogP contribution is -2.22. The summed E-state index contributed by atoms with van der Waals surface area (Å²) in [5, 5.41) is 0. The maximum atomic E-state index is 10.8. The fraction of sp³-hybridized carbons (Fsp3) is 0.364. The van der Waals surface area contributed by atoms with E-state index in [1.165, 1.54) is 0 Å². The Morgan fingerprint density at radius 3 is 2.67 bits per heavy atom. The molecule has 1 fully saturated rings. The Labute approximate surface area is 87.8 Å². The van der Waals surface area contributed by atoms with Crippen LogP contribution in [0.15, 0.2) is 30.3 Å². The van der Waals surface area contributed by atoms with E-state index in [2.05, 4.69) is 0 Å². The Bertz CT molecular complexity index is 336. The van der Waals surface area contributed by atoms with E-state index in [1.54, 1.807) is 7.11 Å². The molecule has 4 heteroatoms. The van der Waals surface area contributed by atoms with Gasteiger partial charge in [0, 0.05) is 7.11 Å². The molecule has 0 bridgehead atoms. The van der Waals surface area contributed by atoms with Crippen LogP contribution in [0.2, 0.25) is 0 Å². The number of hydrogen-bond donors (Lipinski definition) is 0. The molecule has 0 saturated carbocycles. The second kappa shape index (κ2) is 4.31. The number of rotatable bonds is 3. The van der Waals surface area contributed by atoms with Crippen LogP contribution in [-0.2, 0) is 14.2 Å². The highest BCUT2D eigenvalue weighted by atomic mass is 16.8. The zero-order valence-corrected chi connectivity index (χ0v) is 8.38. The third-order valence-electron chi connectivity index (χ3n) is 2.33. The topological polar surface area (TPSA) is 44.8 Å². The zero-order chi connectivity index (χ0) is 10.7. The van der Waals surface area contributed by atoms with Gasteiger partial charge in [-0.15, -0.1) is 0 Å². The Hall–Kier alpha value is -1.55. The highest BCUT2D eigenvalue weighted by Gasteiger charge is 2.33. The van der Waals surface area contributed by atoms with Crippen molar-refractivity contribution in [2.75, 3.05) is 13.7 Å². The van der Waals surface area contributed by atoms with Crippen molar-refractivity contribution >= 4 is 6.16 Å². The van der Waals surface area contributed by atoms with E-state index < -0.39 is 6.16 Å². The van der Waals surface area contributed by atoms with Gasteiger partial charge in [-0.25, -0.2) is 4.79 Å². The molecule has 2 rings (SSSR count). The molecular formula is C11H12O4. The first kappa shape index (κ1) is 9.98. The summed E-state index contributed by atoms with van der Waals surface area (Å²) >= 11 is 0. The van der Waals surface area contributed by atoms with Crippen molar-refractivity contribution in [1.82, 2.24) is 0 Å². The number of cyclic esters (lactones) is 2. The fourth-order valence-corrected chi connectivity index (χ4v) is 1.64. The molecule has 80 valence electrons. The predicted molar refractivity (Wildman–Crippen MR) is 52.4 cm³/mol. The summed E-state index contributed by atoms with van der Waals surface area (Å²) in [6, 6.07) is 9.62. The number of carbonyl (C=O) groups is 1. The van der Waals surface area contributed by atoms with Gasteiger partial charge in [-0.1, -0.05) is 30.3 Å². The number of hydrogen-bond acceptors (Lipinski definition) is 4. The van der Waals surface area contributed by atoms with Gasteiger partial charge in [-0.05, 0) is 5.56 Å². The van der Waals surface area contributed by atoms with Crippen molar-refractivity contribution in [2.24, 2.45) is 0 Å². The molecule has 0 spiro atoms. The second-order valence-electron chi connectivity index (χ2n) is 3.28. The zero-order valence-electron chi connectivity index (χ0n) is 8.38. The van der Waals surface area contributed by atoms with Crippen molar-refractivity contribution < 1.29 is 19.0 Å². The summed E-state index contributed by atoms with van der Waals surface area (Å²) in [5.74, 6) is 0. The van der Waals surface area contributed by atoms with Crippen molar-refractivity contribution in [2.45, 2.75) is 12.2 Å². The number of ether oxygens (including phenoxy) is 3. The molecule has 2 atom stereocenters. The molecule has 0 aliphatic carbocycles. The Kier molecular flexibility index (Phi) is 2.87. The normalized spacial score (nSPS) is 21.9. The third kappa shape index (κ3) is 2.10. The summed E-state index contributed by atoms with van der Waals surface area (Å²) < 4.78 is 15.0. The molecular weight excluding hydrogens is 196 g/mol. The lowest BCUT2D eigenvalue weighted by atomic mass is 10.1. The monoisotopic (exact) mass is 208 g/mol. The van der Waals surface area contributed by atoms with Gasteiger partial charge in [0.1, 0.15) is 12.7 Å². The molecule has 1 aromatic carbocycles. The summed E-state index contributed by atoms with van der Waals surface area (Å²) in [6.07, 6.45) is -1.25. The van der Waals surface area contributed by atoms with Crippen LogP contribution in [0.25, 0.3) is 0 Å². The Morgan fingerprint density at radius 2 is 2.13 bits per heavy atom. The van der Waals surface area contributed by atoms with Crippen LogP contribution in [0.5, 0.6) is 0 Å². The van der Waals surface area contributed by atoms with E-state index >= 15 is 0 Å². The highest BCUT2D eigenvalue weighted by Crippen LogP contribution is 2.26. The molecule has 2 unspecified atom stereocenters. The highest BCUT2D eigenvalue weighted by molar-refractivity contribution is 5.62. The van der Waals surface area contributed by atoms with Gasteiger partial charge >= 0.3 is 6.16 Å². The lowest BCUT2D eigenvalue weighted by Gasteiger charge is -2.19. The number of benzene rings is 1. The average molecular weight is 208 g/mol. The van der Waals surface area contributed by atoms with E-state index in [4.69, 9.17) is 14.2 Å². The van der Waals surface area contributed by atoms with Crippen molar-refractivity contribution in [3.63, 3.8) is 0 Å². The molecule has 0 N–H and O–H groups in total. The third-order valence-corrected chi connectivity index (χ3v) is 2.33. The Morgan fingerprint density at radius 1 is 1.40 bits per heavy atom. The smallest absolute Gasteiger partial charge is 0.430 e. The molecule has 4 nitrogen and oxygen atoms in total. The van der Waals surface area contributed by atoms with Crippen LogP contribution in [0.4, 0.5) is 4.79 Å². The van der Waals surface area contributed by atoms with E-state index in [1.807, 2.05) is 30.3 Å². The molecule has 0 aromatic heterocycles. The van der Waals surface area contributed by atoms with Crippen LogP contribution in [0.1, 0.15) is 11.7 Å². The minimum absolute atomic E-state index is 0.242. The van der Waals surface area contributed by atoms with Gasteiger partial charge < -0.3 is 14.2 Å². The SMILES string of the molecule is COC(c1ccccc1)C1COC(=O)O1. The first-order valence-electron chi connectivity index (χ1n) is 4.72. The lowest BCUT2D eigenvalue weighted by molar-refractivity contribution is -0.000145. The molecule has 15 heavy (non-hydrogen) atoms. The minimum atomic E-state index is -0.627. The van der Waals surface area contributed by atoms with Gasteiger partial charge in [0.05, 0.1) is 0 Å². The van der Waals surface area contributed by atoms with Crippen LogP contribution in [0.3, 0.4) is 0 Å². The van der Waals surface area contributed by atoms with Gasteiger partial charge in [-0.3, -0.25) is 0 Å². The van der Waals surface area contributed by atoms with Crippen molar-refractivity contribution in [3.05, 3.63) is 35.9 Å². The maximum absolute atomic E-state index is 10.8. The number of carbonyl (C=O) groups excluding carboxylic acids is 1.